The number of allylic oxidation sites excluding steroid dienone is 2. The molecule has 0 aliphatic heterocycles. The molecule has 0 bridgehead atoms. The maximum absolute atomic E-state index is 5.82. The van der Waals surface area contributed by atoms with Gasteiger partial charge in [-0.05, 0) is 99.5 Å². The number of hydrogen-bond donors (Lipinski definition) is 0. The predicted molar refractivity (Wildman–Crippen MR) is 130 cm³/mol. The summed E-state index contributed by atoms with van der Waals surface area (Å²) < 4.78 is 5.82. The standard InChI is InChI=1S/C29H46O/c1-3-5-7-9-24-10-14-26(15-11-24)28-18-20-29(21-19-28)27-16-12-25(13-17-27)23-30-22-8-6-4-2/h3,5,12-13,16-17,24,26,28-29H,4,6-11,14-15,18-23H2,1-2H3. The molecule has 0 atom stereocenters. The Balaban J connectivity index is 1.35. The molecule has 0 unspecified atom stereocenters. The van der Waals surface area contributed by atoms with Crippen molar-refractivity contribution in [2.24, 2.45) is 17.8 Å². The molecule has 0 heterocycles. The third-order valence-electron chi connectivity index (χ3n) is 7.92. The molecule has 2 aliphatic rings. The molecule has 1 aromatic carbocycles. The van der Waals surface area contributed by atoms with Gasteiger partial charge in [-0.25, -0.2) is 0 Å². The summed E-state index contributed by atoms with van der Waals surface area (Å²) >= 11 is 0. The van der Waals surface area contributed by atoms with Gasteiger partial charge < -0.3 is 4.74 Å². The van der Waals surface area contributed by atoms with E-state index in [0.29, 0.717) is 0 Å². The molecule has 2 aliphatic carbocycles. The van der Waals surface area contributed by atoms with Crippen molar-refractivity contribution in [2.75, 3.05) is 6.61 Å². The van der Waals surface area contributed by atoms with E-state index in [2.05, 4.69) is 50.3 Å². The molecule has 0 saturated heterocycles. The summed E-state index contributed by atoms with van der Waals surface area (Å²) in [6.45, 7) is 6.06. The Morgan fingerprint density at radius 2 is 1.53 bits per heavy atom. The first-order valence-corrected chi connectivity index (χ1v) is 13.1. The molecule has 1 aromatic rings. The van der Waals surface area contributed by atoms with Gasteiger partial charge in [-0.3, -0.25) is 0 Å². The summed E-state index contributed by atoms with van der Waals surface area (Å²) in [5, 5.41) is 0. The highest BCUT2D eigenvalue weighted by molar-refractivity contribution is 5.25. The van der Waals surface area contributed by atoms with E-state index in [4.69, 9.17) is 4.74 Å². The molecule has 0 aromatic heterocycles. The number of benzene rings is 1. The van der Waals surface area contributed by atoms with Crippen molar-refractivity contribution in [1.29, 1.82) is 0 Å². The van der Waals surface area contributed by atoms with Crippen LogP contribution < -0.4 is 0 Å². The van der Waals surface area contributed by atoms with Crippen LogP contribution in [0.4, 0.5) is 0 Å². The lowest BCUT2D eigenvalue weighted by Gasteiger charge is -2.38. The average Bonchev–Trinajstić information content (AvgIpc) is 2.80. The molecule has 1 nitrogen and oxygen atoms in total. The van der Waals surface area contributed by atoms with E-state index in [1.807, 2.05) is 0 Å². The number of hydrogen-bond acceptors (Lipinski definition) is 1. The van der Waals surface area contributed by atoms with E-state index in [-0.39, 0.29) is 0 Å². The minimum atomic E-state index is 0.772. The van der Waals surface area contributed by atoms with Gasteiger partial charge in [-0.2, -0.15) is 0 Å². The van der Waals surface area contributed by atoms with Crippen LogP contribution in [0.2, 0.25) is 0 Å². The number of ether oxygens (including phenoxy) is 1. The molecule has 0 spiro atoms. The highest BCUT2D eigenvalue weighted by Gasteiger charge is 2.31. The summed E-state index contributed by atoms with van der Waals surface area (Å²) in [5.74, 6) is 3.82. The fraction of sp³-hybridized carbons (Fsp3) is 0.724. The second-order valence-corrected chi connectivity index (χ2v) is 10.0. The molecule has 0 radical (unpaired) electrons. The van der Waals surface area contributed by atoms with Crippen LogP contribution in [0, 0.1) is 17.8 Å². The zero-order valence-corrected chi connectivity index (χ0v) is 19.8. The normalized spacial score (nSPS) is 27.5. The van der Waals surface area contributed by atoms with E-state index >= 15 is 0 Å². The molecular weight excluding hydrogens is 364 g/mol. The molecule has 2 saturated carbocycles. The van der Waals surface area contributed by atoms with Crippen LogP contribution in [0.5, 0.6) is 0 Å². The first kappa shape index (κ1) is 23.6. The second-order valence-electron chi connectivity index (χ2n) is 10.0. The Bertz CT molecular complexity index is 585. The van der Waals surface area contributed by atoms with E-state index < -0.39 is 0 Å². The molecule has 0 N–H and O–H groups in total. The van der Waals surface area contributed by atoms with Gasteiger partial charge in [0.25, 0.3) is 0 Å². The first-order valence-electron chi connectivity index (χ1n) is 13.1. The van der Waals surface area contributed by atoms with Crippen LogP contribution in [0.1, 0.15) is 114 Å². The number of rotatable bonds is 11. The summed E-state index contributed by atoms with van der Waals surface area (Å²) in [6, 6.07) is 9.36. The van der Waals surface area contributed by atoms with Gasteiger partial charge >= 0.3 is 0 Å². The van der Waals surface area contributed by atoms with E-state index in [9.17, 15) is 0 Å². The Morgan fingerprint density at radius 3 is 2.17 bits per heavy atom. The summed E-state index contributed by atoms with van der Waals surface area (Å²) in [5.41, 5.74) is 2.89. The molecule has 2 fully saturated rings. The van der Waals surface area contributed by atoms with Gasteiger partial charge in [-0.1, -0.05) is 69.0 Å². The van der Waals surface area contributed by atoms with Gasteiger partial charge in [-0.15, -0.1) is 0 Å². The van der Waals surface area contributed by atoms with Crippen LogP contribution in [-0.2, 0) is 11.3 Å². The zero-order chi connectivity index (χ0) is 21.0. The monoisotopic (exact) mass is 410 g/mol. The Labute approximate surface area is 186 Å². The van der Waals surface area contributed by atoms with Gasteiger partial charge in [0.15, 0.2) is 0 Å². The van der Waals surface area contributed by atoms with Crippen molar-refractivity contribution in [3.05, 3.63) is 47.5 Å². The van der Waals surface area contributed by atoms with Crippen molar-refractivity contribution in [2.45, 2.75) is 110 Å². The molecule has 3 rings (SSSR count). The summed E-state index contributed by atoms with van der Waals surface area (Å²) in [7, 11) is 0. The van der Waals surface area contributed by atoms with Crippen molar-refractivity contribution in [3.63, 3.8) is 0 Å². The topological polar surface area (TPSA) is 9.23 Å². The quantitative estimate of drug-likeness (QED) is 0.261. The Kier molecular flexibility index (Phi) is 10.5. The lowest BCUT2D eigenvalue weighted by Crippen LogP contribution is -2.25. The van der Waals surface area contributed by atoms with E-state index in [1.165, 1.54) is 89.0 Å². The fourth-order valence-electron chi connectivity index (χ4n) is 5.90. The minimum absolute atomic E-state index is 0.772. The van der Waals surface area contributed by atoms with Crippen molar-refractivity contribution in [1.82, 2.24) is 0 Å². The van der Waals surface area contributed by atoms with Crippen molar-refractivity contribution < 1.29 is 4.74 Å². The smallest absolute Gasteiger partial charge is 0.0716 e. The lowest BCUT2D eigenvalue weighted by atomic mass is 9.68. The highest BCUT2D eigenvalue weighted by Crippen LogP contribution is 2.44. The van der Waals surface area contributed by atoms with Crippen molar-refractivity contribution in [3.8, 4) is 0 Å². The molecule has 1 heteroatoms. The third-order valence-corrected chi connectivity index (χ3v) is 7.92. The van der Waals surface area contributed by atoms with Crippen LogP contribution in [0.15, 0.2) is 36.4 Å². The molecule has 0 amide bonds. The molecule has 30 heavy (non-hydrogen) atoms. The van der Waals surface area contributed by atoms with Gasteiger partial charge in [0.1, 0.15) is 0 Å². The van der Waals surface area contributed by atoms with Gasteiger partial charge in [0, 0.05) is 6.61 Å². The third kappa shape index (κ3) is 7.56. The fourth-order valence-corrected chi connectivity index (χ4v) is 5.90. The van der Waals surface area contributed by atoms with Crippen LogP contribution >= 0.6 is 0 Å². The maximum Gasteiger partial charge on any atom is 0.0716 e. The van der Waals surface area contributed by atoms with Crippen LogP contribution in [0.25, 0.3) is 0 Å². The minimum Gasteiger partial charge on any atom is -0.377 e. The predicted octanol–water partition coefficient (Wildman–Crippen LogP) is 8.83. The summed E-state index contributed by atoms with van der Waals surface area (Å²) in [4.78, 5) is 0. The Hall–Kier alpha value is -1.08. The second kappa shape index (κ2) is 13.4. The number of unbranched alkanes of at least 4 members (excludes halogenated alkanes) is 2. The van der Waals surface area contributed by atoms with E-state index in [0.717, 1.165) is 36.9 Å². The van der Waals surface area contributed by atoms with Gasteiger partial charge in [0.2, 0.25) is 0 Å². The summed E-state index contributed by atoms with van der Waals surface area (Å²) in [6.07, 6.45) is 22.7. The highest BCUT2D eigenvalue weighted by atomic mass is 16.5. The molecule has 168 valence electrons. The maximum atomic E-state index is 5.82. The van der Waals surface area contributed by atoms with Crippen LogP contribution in [-0.4, -0.2) is 6.61 Å². The molecular formula is C29H46O. The van der Waals surface area contributed by atoms with Crippen LogP contribution in [0.3, 0.4) is 0 Å². The first-order chi connectivity index (χ1) is 14.8. The van der Waals surface area contributed by atoms with E-state index in [1.54, 1.807) is 5.56 Å². The largest absolute Gasteiger partial charge is 0.377 e. The van der Waals surface area contributed by atoms with Crippen molar-refractivity contribution >= 4 is 0 Å². The average molecular weight is 411 g/mol. The SMILES string of the molecule is CC=CCCC1CCC(C2CCC(c3ccc(COCCCCC)cc3)CC2)CC1. The zero-order valence-electron chi connectivity index (χ0n) is 19.8. The van der Waals surface area contributed by atoms with Gasteiger partial charge in [0.05, 0.1) is 6.61 Å². The Morgan fingerprint density at radius 1 is 0.867 bits per heavy atom. The lowest BCUT2D eigenvalue weighted by molar-refractivity contribution is 0.117.